The first-order valence-corrected chi connectivity index (χ1v) is 9.96. The number of amides is 1. The lowest BCUT2D eigenvalue weighted by Gasteiger charge is -2.24. The Hall–Kier alpha value is -3.55. The van der Waals surface area contributed by atoms with Crippen LogP contribution in [0.3, 0.4) is 0 Å². The van der Waals surface area contributed by atoms with Gasteiger partial charge in [0.2, 0.25) is 5.95 Å². The molecule has 0 bridgehead atoms. The summed E-state index contributed by atoms with van der Waals surface area (Å²) in [5.41, 5.74) is 2.79. The van der Waals surface area contributed by atoms with Gasteiger partial charge < -0.3 is 15.0 Å². The van der Waals surface area contributed by atoms with Crippen LogP contribution in [-0.2, 0) is 4.79 Å². The van der Waals surface area contributed by atoms with E-state index in [1.807, 2.05) is 36.9 Å². The van der Waals surface area contributed by atoms with E-state index in [0.29, 0.717) is 18.3 Å². The van der Waals surface area contributed by atoms with Gasteiger partial charge in [-0.05, 0) is 43.9 Å². The van der Waals surface area contributed by atoms with Crippen LogP contribution in [0.25, 0.3) is 0 Å². The second kappa shape index (κ2) is 8.86. The number of likely N-dealkylation sites (tertiary alicyclic amines) is 1. The van der Waals surface area contributed by atoms with Crippen molar-refractivity contribution in [3.05, 3.63) is 65.9 Å². The highest BCUT2D eigenvalue weighted by atomic mass is 16.5. The van der Waals surface area contributed by atoms with Crippen LogP contribution < -0.4 is 10.1 Å². The molecule has 1 aliphatic rings. The Bertz CT molecular complexity index is 1010. The van der Waals surface area contributed by atoms with Crippen molar-refractivity contribution < 1.29 is 9.53 Å². The van der Waals surface area contributed by atoms with Crippen LogP contribution in [0.5, 0.6) is 5.75 Å². The minimum absolute atomic E-state index is 0.00537. The molecular weight excluding hydrogens is 380 g/mol. The number of aryl methyl sites for hydroxylation is 2. The van der Waals surface area contributed by atoms with Crippen molar-refractivity contribution in [1.82, 2.24) is 24.8 Å². The second-order valence-electron chi connectivity index (χ2n) is 7.28. The zero-order valence-electron chi connectivity index (χ0n) is 17.1. The quantitative estimate of drug-likeness (QED) is 0.673. The molecule has 3 aromatic rings. The molecule has 1 unspecified atom stereocenters. The lowest BCUT2D eigenvalue weighted by atomic mass is 10.1. The van der Waals surface area contributed by atoms with E-state index in [4.69, 9.17) is 4.74 Å². The third-order valence-corrected chi connectivity index (χ3v) is 5.12. The first kappa shape index (κ1) is 19.8. The Morgan fingerprint density at radius 1 is 1.17 bits per heavy atom. The molecule has 3 heterocycles. The second-order valence-corrected chi connectivity index (χ2v) is 7.28. The molecule has 8 heteroatoms. The Kier molecular flexibility index (Phi) is 5.83. The first-order chi connectivity index (χ1) is 14.6. The molecule has 0 spiro atoms. The molecule has 30 heavy (non-hydrogen) atoms. The molecular formula is C22H24N6O2. The number of para-hydroxylation sites is 1. The molecule has 1 fully saturated rings. The zero-order chi connectivity index (χ0) is 20.9. The fourth-order valence-corrected chi connectivity index (χ4v) is 3.70. The first-order valence-electron chi connectivity index (χ1n) is 9.96. The summed E-state index contributed by atoms with van der Waals surface area (Å²) in [4.78, 5) is 32.0. The van der Waals surface area contributed by atoms with Gasteiger partial charge in [0.05, 0.1) is 24.1 Å². The number of rotatable bonds is 6. The van der Waals surface area contributed by atoms with Crippen molar-refractivity contribution in [2.24, 2.45) is 0 Å². The number of ether oxygens (including phenoxy) is 1. The molecule has 0 radical (unpaired) electrons. The maximum Gasteiger partial charge on any atom is 0.261 e. The molecule has 1 saturated heterocycles. The Balaban J connectivity index is 1.45. The van der Waals surface area contributed by atoms with E-state index in [-0.39, 0.29) is 18.6 Å². The number of benzene rings is 1. The molecule has 4 rings (SSSR count). The molecule has 2 aromatic heterocycles. The number of aromatic nitrogens is 4. The average Bonchev–Trinajstić information content (AvgIpc) is 3.24. The standard InChI is InChI=1S/C22H24N6O2/c1-15-6-3-7-16(2)21(15)30-14-20(29)28-11-4-8-18(28)17-12-23-13-19(26-17)27-22-24-9-5-10-25-22/h3,5-7,9-10,12-13,18H,4,8,11,14H2,1-2H3,(H,24,25,26,27). The van der Waals surface area contributed by atoms with E-state index >= 15 is 0 Å². The van der Waals surface area contributed by atoms with Crippen LogP contribution in [0.2, 0.25) is 0 Å². The molecule has 1 N–H and O–H groups in total. The number of hydrogen-bond acceptors (Lipinski definition) is 7. The van der Waals surface area contributed by atoms with Gasteiger partial charge in [-0.25, -0.2) is 15.0 Å². The van der Waals surface area contributed by atoms with Crippen LogP contribution in [0.4, 0.5) is 11.8 Å². The predicted octanol–water partition coefficient (Wildman–Crippen LogP) is 3.37. The van der Waals surface area contributed by atoms with Gasteiger partial charge in [0, 0.05) is 18.9 Å². The van der Waals surface area contributed by atoms with Crippen molar-refractivity contribution in [2.45, 2.75) is 32.7 Å². The SMILES string of the molecule is Cc1cccc(C)c1OCC(=O)N1CCCC1c1cncc(Nc2ncccn2)n1. The fourth-order valence-electron chi connectivity index (χ4n) is 3.70. The molecule has 0 aliphatic carbocycles. The molecule has 154 valence electrons. The summed E-state index contributed by atoms with van der Waals surface area (Å²) in [5.74, 6) is 1.72. The van der Waals surface area contributed by atoms with Gasteiger partial charge in [0.25, 0.3) is 5.91 Å². The summed E-state index contributed by atoms with van der Waals surface area (Å²) in [5, 5.41) is 3.05. The number of nitrogens with zero attached hydrogens (tertiary/aromatic N) is 5. The number of carbonyl (C=O) groups is 1. The Morgan fingerprint density at radius 3 is 2.70 bits per heavy atom. The van der Waals surface area contributed by atoms with Crippen molar-refractivity contribution in [1.29, 1.82) is 0 Å². The zero-order valence-corrected chi connectivity index (χ0v) is 17.1. The van der Waals surface area contributed by atoms with Gasteiger partial charge in [-0.15, -0.1) is 0 Å². The van der Waals surface area contributed by atoms with Crippen LogP contribution in [-0.4, -0.2) is 43.9 Å². The van der Waals surface area contributed by atoms with E-state index < -0.39 is 0 Å². The van der Waals surface area contributed by atoms with Gasteiger partial charge in [0.15, 0.2) is 12.4 Å². The van der Waals surface area contributed by atoms with Crippen molar-refractivity contribution in [3.8, 4) is 5.75 Å². The molecule has 1 atom stereocenters. The topological polar surface area (TPSA) is 93.1 Å². The number of nitrogens with one attached hydrogen (secondary N) is 1. The maximum absolute atomic E-state index is 12.9. The van der Waals surface area contributed by atoms with Gasteiger partial charge in [-0.2, -0.15) is 0 Å². The fraction of sp³-hybridized carbons (Fsp3) is 0.318. The van der Waals surface area contributed by atoms with Crippen LogP contribution in [0.1, 0.15) is 35.7 Å². The van der Waals surface area contributed by atoms with E-state index in [9.17, 15) is 4.79 Å². The minimum atomic E-state index is -0.120. The predicted molar refractivity (Wildman–Crippen MR) is 112 cm³/mol. The molecule has 1 amide bonds. The lowest BCUT2D eigenvalue weighted by molar-refractivity contribution is -0.134. The summed E-state index contributed by atoms with van der Waals surface area (Å²) in [6.07, 6.45) is 8.39. The normalized spacial score (nSPS) is 15.8. The highest BCUT2D eigenvalue weighted by Gasteiger charge is 2.31. The molecule has 1 aliphatic heterocycles. The van der Waals surface area contributed by atoms with Crippen LogP contribution in [0.15, 0.2) is 49.1 Å². The van der Waals surface area contributed by atoms with Gasteiger partial charge >= 0.3 is 0 Å². The number of carbonyl (C=O) groups excluding carboxylic acids is 1. The van der Waals surface area contributed by atoms with Crippen molar-refractivity contribution in [2.75, 3.05) is 18.5 Å². The highest BCUT2D eigenvalue weighted by Crippen LogP contribution is 2.31. The highest BCUT2D eigenvalue weighted by molar-refractivity contribution is 5.78. The minimum Gasteiger partial charge on any atom is -0.483 e. The summed E-state index contributed by atoms with van der Waals surface area (Å²) >= 11 is 0. The summed E-state index contributed by atoms with van der Waals surface area (Å²) in [6.45, 7) is 4.65. The Labute approximate surface area is 175 Å². The molecule has 0 saturated carbocycles. The van der Waals surface area contributed by atoms with Gasteiger partial charge in [-0.3, -0.25) is 9.78 Å². The number of hydrogen-bond donors (Lipinski definition) is 1. The maximum atomic E-state index is 12.9. The number of anilines is 2. The summed E-state index contributed by atoms with van der Waals surface area (Å²) in [7, 11) is 0. The summed E-state index contributed by atoms with van der Waals surface area (Å²) in [6, 6.07) is 7.57. The summed E-state index contributed by atoms with van der Waals surface area (Å²) < 4.78 is 5.87. The van der Waals surface area contributed by atoms with E-state index in [0.717, 1.165) is 35.4 Å². The van der Waals surface area contributed by atoms with Crippen LogP contribution in [0, 0.1) is 13.8 Å². The monoisotopic (exact) mass is 404 g/mol. The van der Waals surface area contributed by atoms with Crippen LogP contribution >= 0.6 is 0 Å². The molecule has 1 aromatic carbocycles. The van der Waals surface area contributed by atoms with E-state index in [1.165, 1.54) is 0 Å². The Morgan fingerprint density at radius 2 is 1.93 bits per heavy atom. The smallest absolute Gasteiger partial charge is 0.261 e. The largest absolute Gasteiger partial charge is 0.483 e. The van der Waals surface area contributed by atoms with Crippen molar-refractivity contribution >= 4 is 17.7 Å². The average molecular weight is 404 g/mol. The van der Waals surface area contributed by atoms with Gasteiger partial charge in [0.1, 0.15) is 5.75 Å². The lowest BCUT2D eigenvalue weighted by Crippen LogP contribution is -2.35. The third-order valence-electron chi connectivity index (χ3n) is 5.12. The molecule has 8 nitrogen and oxygen atoms in total. The van der Waals surface area contributed by atoms with E-state index in [2.05, 4.69) is 25.3 Å². The van der Waals surface area contributed by atoms with E-state index in [1.54, 1.807) is 30.9 Å². The van der Waals surface area contributed by atoms with Gasteiger partial charge in [-0.1, -0.05) is 18.2 Å². The van der Waals surface area contributed by atoms with Crippen molar-refractivity contribution in [3.63, 3.8) is 0 Å². The third kappa shape index (κ3) is 4.37.